The number of rotatable bonds is 3. The Morgan fingerprint density at radius 1 is 1.05 bits per heavy atom. The summed E-state index contributed by atoms with van der Waals surface area (Å²) in [6.45, 7) is 3.72. The van der Waals surface area contributed by atoms with E-state index in [0.29, 0.717) is 11.8 Å². The number of ether oxygens (including phenoxy) is 1. The molecular formula is C16H14F2O2. The van der Waals surface area contributed by atoms with Crippen LogP contribution in [0.4, 0.5) is 8.78 Å². The fourth-order valence-corrected chi connectivity index (χ4v) is 2.05. The first kappa shape index (κ1) is 14.2. The van der Waals surface area contributed by atoms with Crippen molar-refractivity contribution in [1.82, 2.24) is 0 Å². The van der Waals surface area contributed by atoms with E-state index in [1.54, 1.807) is 12.1 Å². The van der Waals surface area contributed by atoms with Crippen LogP contribution in [0.1, 0.15) is 27.0 Å². The molecule has 0 saturated heterocycles. The lowest BCUT2D eigenvalue weighted by molar-refractivity contribution is 0.103. The zero-order chi connectivity index (χ0) is 14.9. The minimum absolute atomic E-state index is 0.173. The van der Waals surface area contributed by atoms with Gasteiger partial charge < -0.3 is 4.74 Å². The number of aryl methyl sites for hydroxylation is 1. The molecule has 0 atom stereocenters. The number of ketones is 1. The third kappa shape index (κ3) is 2.41. The van der Waals surface area contributed by atoms with Gasteiger partial charge in [0.1, 0.15) is 17.4 Å². The van der Waals surface area contributed by atoms with Gasteiger partial charge in [-0.15, -0.1) is 0 Å². The highest BCUT2D eigenvalue weighted by molar-refractivity contribution is 6.11. The highest BCUT2D eigenvalue weighted by Crippen LogP contribution is 2.28. The molecule has 0 spiro atoms. The van der Waals surface area contributed by atoms with Gasteiger partial charge in [-0.1, -0.05) is 6.07 Å². The van der Waals surface area contributed by atoms with Crippen molar-refractivity contribution >= 4 is 5.78 Å². The zero-order valence-corrected chi connectivity index (χ0v) is 11.5. The number of hydrogen-bond donors (Lipinski definition) is 0. The molecule has 0 aliphatic rings. The first-order chi connectivity index (χ1) is 9.45. The van der Waals surface area contributed by atoms with Crippen molar-refractivity contribution in [2.45, 2.75) is 13.8 Å². The summed E-state index contributed by atoms with van der Waals surface area (Å²) in [5.41, 5.74) is 1.88. The fraction of sp³-hybridized carbons (Fsp3) is 0.188. The molecule has 4 heteroatoms. The standard InChI is InChI=1S/C16H14F2O2/c1-9-4-6-13(16(20-3)10(9)2)15(19)12-7-5-11(17)8-14(12)18/h4-8H,1-3H3. The summed E-state index contributed by atoms with van der Waals surface area (Å²) >= 11 is 0. The smallest absolute Gasteiger partial charge is 0.199 e. The molecule has 104 valence electrons. The summed E-state index contributed by atoms with van der Waals surface area (Å²) in [6.07, 6.45) is 0. The van der Waals surface area contributed by atoms with Gasteiger partial charge in [0.05, 0.1) is 18.2 Å². The van der Waals surface area contributed by atoms with Crippen molar-refractivity contribution in [2.75, 3.05) is 7.11 Å². The molecule has 2 aromatic carbocycles. The average Bonchev–Trinajstić information content (AvgIpc) is 2.41. The molecule has 0 bridgehead atoms. The van der Waals surface area contributed by atoms with Crippen LogP contribution in [0.25, 0.3) is 0 Å². The van der Waals surface area contributed by atoms with Crippen LogP contribution in [-0.2, 0) is 0 Å². The van der Waals surface area contributed by atoms with Gasteiger partial charge >= 0.3 is 0 Å². The first-order valence-corrected chi connectivity index (χ1v) is 6.09. The Labute approximate surface area is 116 Å². The lowest BCUT2D eigenvalue weighted by Crippen LogP contribution is -2.08. The molecule has 0 fully saturated rings. The molecule has 0 radical (unpaired) electrons. The molecule has 0 amide bonds. The molecule has 2 nitrogen and oxygen atoms in total. The Morgan fingerprint density at radius 3 is 2.30 bits per heavy atom. The predicted molar refractivity (Wildman–Crippen MR) is 72.3 cm³/mol. The van der Waals surface area contributed by atoms with Crippen LogP contribution < -0.4 is 4.74 Å². The number of methoxy groups -OCH3 is 1. The van der Waals surface area contributed by atoms with Gasteiger partial charge in [-0.2, -0.15) is 0 Å². The Bertz CT molecular complexity index is 678. The molecule has 2 rings (SSSR count). The van der Waals surface area contributed by atoms with Crippen molar-refractivity contribution in [3.05, 3.63) is 64.2 Å². The van der Waals surface area contributed by atoms with E-state index in [0.717, 1.165) is 23.3 Å². The lowest BCUT2D eigenvalue weighted by Gasteiger charge is -2.13. The molecule has 0 unspecified atom stereocenters. The summed E-state index contributed by atoms with van der Waals surface area (Å²) in [5.74, 6) is -1.71. The molecule has 20 heavy (non-hydrogen) atoms. The normalized spacial score (nSPS) is 10.4. The van der Waals surface area contributed by atoms with Gasteiger partial charge in [-0.05, 0) is 43.2 Å². The Kier molecular flexibility index (Phi) is 3.84. The topological polar surface area (TPSA) is 26.3 Å². The summed E-state index contributed by atoms with van der Waals surface area (Å²) < 4.78 is 31.8. The number of halogens is 2. The number of hydrogen-bond acceptors (Lipinski definition) is 2. The molecule has 0 N–H and O–H groups in total. The second-order valence-corrected chi connectivity index (χ2v) is 4.54. The highest BCUT2D eigenvalue weighted by Gasteiger charge is 2.20. The molecule has 0 heterocycles. The minimum Gasteiger partial charge on any atom is -0.496 e. The molecular weight excluding hydrogens is 262 g/mol. The van der Waals surface area contributed by atoms with Crippen molar-refractivity contribution in [3.63, 3.8) is 0 Å². The molecule has 0 aliphatic heterocycles. The summed E-state index contributed by atoms with van der Waals surface area (Å²) in [6, 6.07) is 6.25. The Hall–Kier alpha value is -2.23. The maximum Gasteiger partial charge on any atom is 0.199 e. The Balaban J connectivity index is 2.56. The van der Waals surface area contributed by atoms with E-state index >= 15 is 0 Å². The van der Waals surface area contributed by atoms with Crippen LogP contribution in [0.15, 0.2) is 30.3 Å². The second kappa shape index (κ2) is 5.41. The van der Waals surface area contributed by atoms with Gasteiger partial charge in [0, 0.05) is 6.07 Å². The molecule has 0 aliphatic carbocycles. The number of benzene rings is 2. The van der Waals surface area contributed by atoms with Crippen LogP contribution >= 0.6 is 0 Å². The second-order valence-electron chi connectivity index (χ2n) is 4.54. The van der Waals surface area contributed by atoms with Gasteiger partial charge in [0.25, 0.3) is 0 Å². The largest absolute Gasteiger partial charge is 0.496 e. The highest BCUT2D eigenvalue weighted by atomic mass is 19.1. The van der Waals surface area contributed by atoms with Gasteiger partial charge in [0.2, 0.25) is 0 Å². The van der Waals surface area contributed by atoms with E-state index in [1.165, 1.54) is 7.11 Å². The fourth-order valence-electron chi connectivity index (χ4n) is 2.05. The van der Waals surface area contributed by atoms with Crippen molar-refractivity contribution in [1.29, 1.82) is 0 Å². The predicted octanol–water partition coefficient (Wildman–Crippen LogP) is 3.82. The SMILES string of the molecule is COc1c(C(=O)c2ccc(F)cc2F)ccc(C)c1C. The first-order valence-electron chi connectivity index (χ1n) is 6.09. The maximum absolute atomic E-state index is 13.7. The molecule has 2 aromatic rings. The quantitative estimate of drug-likeness (QED) is 0.797. The van der Waals surface area contributed by atoms with Gasteiger partial charge in [0.15, 0.2) is 5.78 Å². The molecule has 0 saturated carbocycles. The summed E-state index contributed by atoms with van der Waals surface area (Å²) in [4.78, 5) is 12.4. The van der Waals surface area contributed by atoms with E-state index in [4.69, 9.17) is 4.74 Å². The number of carbonyl (C=O) groups is 1. The van der Waals surface area contributed by atoms with Crippen LogP contribution in [0.2, 0.25) is 0 Å². The van der Waals surface area contributed by atoms with E-state index in [9.17, 15) is 13.6 Å². The monoisotopic (exact) mass is 276 g/mol. The van der Waals surface area contributed by atoms with E-state index in [1.807, 2.05) is 13.8 Å². The molecule has 0 aromatic heterocycles. The van der Waals surface area contributed by atoms with E-state index < -0.39 is 17.4 Å². The van der Waals surface area contributed by atoms with Crippen molar-refractivity contribution < 1.29 is 18.3 Å². The van der Waals surface area contributed by atoms with Gasteiger partial charge in [-0.25, -0.2) is 8.78 Å². The van der Waals surface area contributed by atoms with Crippen LogP contribution in [0, 0.1) is 25.5 Å². The van der Waals surface area contributed by atoms with Crippen molar-refractivity contribution in [2.24, 2.45) is 0 Å². The lowest BCUT2D eigenvalue weighted by atomic mass is 9.97. The third-order valence-electron chi connectivity index (χ3n) is 3.30. The van der Waals surface area contributed by atoms with Crippen LogP contribution in [0.3, 0.4) is 0 Å². The third-order valence-corrected chi connectivity index (χ3v) is 3.30. The zero-order valence-electron chi connectivity index (χ0n) is 11.5. The Morgan fingerprint density at radius 2 is 1.70 bits per heavy atom. The van der Waals surface area contributed by atoms with Crippen LogP contribution in [0.5, 0.6) is 5.75 Å². The van der Waals surface area contributed by atoms with Crippen LogP contribution in [-0.4, -0.2) is 12.9 Å². The summed E-state index contributed by atoms with van der Waals surface area (Å²) in [5, 5.41) is 0. The van der Waals surface area contributed by atoms with E-state index in [2.05, 4.69) is 0 Å². The average molecular weight is 276 g/mol. The minimum atomic E-state index is -0.879. The number of carbonyl (C=O) groups excluding carboxylic acids is 1. The van der Waals surface area contributed by atoms with Crippen molar-refractivity contribution in [3.8, 4) is 5.75 Å². The van der Waals surface area contributed by atoms with E-state index in [-0.39, 0.29) is 11.1 Å². The maximum atomic E-state index is 13.7. The van der Waals surface area contributed by atoms with Gasteiger partial charge in [-0.3, -0.25) is 4.79 Å². The summed E-state index contributed by atoms with van der Waals surface area (Å²) in [7, 11) is 1.46.